The minimum absolute atomic E-state index is 0.132. The first-order chi connectivity index (χ1) is 3.66. The van der Waals surface area contributed by atoms with Crippen LogP contribution < -0.4 is 0 Å². The van der Waals surface area contributed by atoms with E-state index in [1.54, 1.807) is 13.8 Å². The summed E-state index contributed by atoms with van der Waals surface area (Å²) in [7, 11) is 0. The molecule has 0 saturated heterocycles. The number of nitrogens with one attached hydrogen (secondary N) is 1. The highest BCUT2D eigenvalue weighted by atomic mass is 16.5. The van der Waals surface area contributed by atoms with E-state index in [0.717, 1.165) is 0 Å². The quantitative estimate of drug-likeness (QED) is 0.437. The first-order valence-electron chi connectivity index (χ1n) is 2.49. The molecule has 0 saturated carbocycles. The van der Waals surface area contributed by atoms with E-state index in [1.165, 1.54) is 6.21 Å². The number of hydrogen-bond donors (Lipinski definition) is 1. The van der Waals surface area contributed by atoms with Crippen molar-refractivity contribution < 1.29 is 4.74 Å². The molecule has 0 aromatic rings. The fraction of sp³-hybridized carbons (Fsp3) is 0.500. The van der Waals surface area contributed by atoms with Crippen LogP contribution in [0.1, 0.15) is 13.8 Å². The van der Waals surface area contributed by atoms with Crippen molar-refractivity contribution in [2.75, 3.05) is 0 Å². The Morgan fingerprint density at radius 3 is 2.50 bits per heavy atom. The topological polar surface area (TPSA) is 33.1 Å². The molecule has 0 amide bonds. The van der Waals surface area contributed by atoms with E-state index in [4.69, 9.17) is 10.1 Å². The van der Waals surface area contributed by atoms with Gasteiger partial charge in [-0.15, -0.1) is 0 Å². The second kappa shape index (κ2) is 3.24. The summed E-state index contributed by atoms with van der Waals surface area (Å²) in [6.07, 6.45) is 1.10. The molecule has 1 unspecified atom stereocenters. The maximum atomic E-state index is 6.71. The fourth-order valence-corrected chi connectivity index (χ4v) is 0.351. The third kappa shape index (κ3) is 3.40. The van der Waals surface area contributed by atoms with Gasteiger partial charge in [0, 0.05) is 6.21 Å². The van der Waals surface area contributed by atoms with Crippen molar-refractivity contribution in [1.29, 1.82) is 5.41 Å². The molecule has 46 valence electrons. The zero-order chi connectivity index (χ0) is 6.57. The van der Waals surface area contributed by atoms with Crippen LogP contribution >= 0.6 is 0 Å². The average Bonchev–Trinajstić information content (AvgIpc) is 1.65. The molecule has 1 atom stereocenters. The molecule has 0 spiro atoms. The van der Waals surface area contributed by atoms with Crippen molar-refractivity contribution in [2.24, 2.45) is 0 Å². The summed E-state index contributed by atoms with van der Waals surface area (Å²) < 4.78 is 4.96. The van der Waals surface area contributed by atoms with Crippen molar-refractivity contribution >= 4 is 6.21 Å². The van der Waals surface area contributed by atoms with Gasteiger partial charge in [-0.1, -0.05) is 6.58 Å². The molecule has 0 heterocycles. The van der Waals surface area contributed by atoms with Gasteiger partial charge in [-0.25, -0.2) is 0 Å². The summed E-state index contributed by atoms with van der Waals surface area (Å²) in [4.78, 5) is 0. The lowest BCUT2D eigenvalue weighted by atomic mass is 10.4. The van der Waals surface area contributed by atoms with E-state index in [0.29, 0.717) is 5.76 Å². The number of hydrogen-bond acceptors (Lipinski definition) is 2. The second-order valence-electron chi connectivity index (χ2n) is 1.69. The number of rotatable bonds is 3. The van der Waals surface area contributed by atoms with Crippen LogP contribution in [0.2, 0.25) is 0 Å². The standard InChI is InChI=1S/C6H11NO/c1-5(2)8-6(3)4-7/h4,6-7H,1H2,2-3H3. The Morgan fingerprint density at radius 1 is 1.88 bits per heavy atom. The van der Waals surface area contributed by atoms with Crippen molar-refractivity contribution in [3.05, 3.63) is 12.3 Å². The van der Waals surface area contributed by atoms with Crippen LogP contribution in [0.3, 0.4) is 0 Å². The SMILES string of the molecule is C=C(C)OC(C)C=N. The first kappa shape index (κ1) is 7.21. The maximum absolute atomic E-state index is 6.71. The van der Waals surface area contributed by atoms with Crippen molar-refractivity contribution in [2.45, 2.75) is 20.0 Å². The van der Waals surface area contributed by atoms with Crippen LogP contribution in [-0.2, 0) is 4.74 Å². The number of allylic oxidation sites excluding steroid dienone is 1. The molecule has 0 aromatic heterocycles. The summed E-state index contributed by atoms with van der Waals surface area (Å²) in [6.45, 7) is 7.07. The maximum Gasteiger partial charge on any atom is 0.130 e. The Labute approximate surface area is 49.7 Å². The molecule has 0 bridgehead atoms. The minimum atomic E-state index is -0.132. The Hall–Kier alpha value is -0.790. The zero-order valence-corrected chi connectivity index (χ0v) is 5.27. The Kier molecular flexibility index (Phi) is 2.92. The van der Waals surface area contributed by atoms with E-state index in [-0.39, 0.29) is 6.10 Å². The monoisotopic (exact) mass is 113 g/mol. The van der Waals surface area contributed by atoms with Crippen LogP contribution in [0.5, 0.6) is 0 Å². The van der Waals surface area contributed by atoms with E-state index in [9.17, 15) is 0 Å². The third-order valence-corrected chi connectivity index (χ3v) is 0.622. The number of ether oxygens (including phenoxy) is 1. The molecule has 2 nitrogen and oxygen atoms in total. The summed E-state index contributed by atoms with van der Waals surface area (Å²) in [5, 5.41) is 6.71. The largest absolute Gasteiger partial charge is 0.490 e. The van der Waals surface area contributed by atoms with Crippen molar-refractivity contribution in [3.63, 3.8) is 0 Å². The van der Waals surface area contributed by atoms with Gasteiger partial charge in [-0.05, 0) is 13.8 Å². The molecule has 0 aliphatic rings. The van der Waals surface area contributed by atoms with Crippen LogP contribution in [0, 0.1) is 5.41 Å². The van der Waals surface area contributed by atoms with Gasteiger partial charge < -0.3 is 10.1 Å². The highest BCUT2D eigenvalue weighted by molar-refractivity contribution is 5.58. The lowest BCUT2D eigenvalue weighted by Crippen LogP contribution is -2.06. The third-order valence-electron chi connectivity index (χ3n) is 0.622. The van der Waals surface area contributed by atoms with Crippen LogP contribution in [-0.4, -0.2) is 12.3 Å². The molecule has 0 rings (SSSR count). The van der Waals surface area contributed by atoms with Gasteiger partial charge in [0.15, 0.2) is 0 Å². The lowest BCUT2D eigenvalue weighted by molar-refractivity contribution is 0.191. The minimum Gasteiger partial charge on any atom is -0.490 e. The molecule has 2 heteroatoms. The van der Waals surface area contributed by atoms with Crippen LogP contribution in [0.25, 0.3) is 0 Å². The van der Waals surface area contributed by atoms with Crippen LogP contribution in [0.4, 0.5) is 0 Å². The molecule has 0 aliphatic carbocycles. The molecule has 0 aromatic carbocycles. The fourth-order valence-electron chi connectivity index (χ4n) is 0.351. The molecular weight excluding hydrogens is 102 g/mol. The predicted octanol–water partition coefficient (Wildman–Crippen LogP) is 1.57. The van der Waals surface area contributed by atoms with E-state index in [2.05, 4.69) is 6.58 Å². The van der Waals surface area contributed by atoms with Gasteiger partial charge in [0.25, 0.3) is 0 Å². The van der Waals surface area contributed by atoms with E-state index < -0.39 is 0 Å². The van der Waals surface area contributed by atoms with E-state index in [1.807, 2.05) is 0 Å². The molecule has 8 heavy (non-hydrogen) atoms. The van der Waals surface area contributed by atoms with Gasteiger partial charge >= 0.3 is 0 Å². The zero-order valence-electron chi connectivity index (χ0n) is 5.27. The van der Waals surface area contributed by atoms with Crippen LogP contribution in [0.15, 0.2) is 12.3 Å². The normalized spacial score (nSPS) is 12.2. The average molecular weight is 113 g/mol. The Bertz CT molecular complexity index is 98.7. The highest BCUT2D eigenvalue weighted by Gasteiger charge is 1.93. The Balaban J connectivity index is 3.38. The van der Waals surface area contributed by atoms with Gasteiger partial charge in [0.1, 0.15) is 6.10 Å². The molecule has 0 fully saturated rings. The second-order valence-corrected chi connectivity index (χ2v) is 1.69. The lowest BCUT2D eigenvalue weighted by Gasteiger charge is -2.06. The Morgan fingerprint density at radius 2 is 2.38 bits per heavy atom. The van der Waals surface area contributed by atoms with Gasteiger partial charge in [0.05, 0.1) is 5.76 Å². The molecule has 0 radical (unpaired) electrons. The van der Waals surface area contributed by atoms with E-state index >= 15 is 0 Å². The predicted molar refractivity (Wildman–Crippen MR) is 34.1 cm³/mol. The molecule has 0 aliphatic heterocycles. The first-order valence-corrected chi connectivity index (χ1v) is 2.49. The summed E-state index contributed by atoms with van der Waals surface area (Å²) in [5.41, 5.74) is 0. The molecular formula is C6H11NO. The van der Waals surface area contributed by atoms with Gasteiger partial charge in [-0.2, -0.15) is 0 Å². The van der Waals surface area contributed by atoms with Gasteiger partial charge in [-0.3, -0.25) is 0 Å². The van der Waals surface area contributed by atoms with Crippen molar-refractivity contribution in [3.8, 4) is 0 Å². The molecule has 1 N–H and O–H groups in total. The summed E-state index contributed by atoms with van der Waals surface area (Å²) >= 11 is 0. The smallest absolute Gasteiger partial charge is 0.130 e. The highest BCUT2D eigenvalue weighted by Crippen LogP contribution is 1.94. The summed E-state index contributed by atoms with van der Waals surface area (Å²) in [5.74, 6) is 0.654. The summed E-state index contributed by atoms with van der Waals surface area (Å²) in [6, 6.07) is 0. The van der Waals surface area contributed by atoms with Gasteiger partial charge in [0.2, 0.25) is 0 Å². The van der Waals surface area contributed by atoms with Crippen molar-refractivity contribution in [1.82, 2.24) is 0 Å².